The number of carbonyl (C=O) groups is 3. The van der Waals surface area contributed by atoms with Gasteiger partial charge >= 0.3 is 5.97 Å². The van der Waals surface area contributed by atoms with E-state index in [9.17, 15) is 27.9 Å². The summed E-state index contributed by atoms with van der Waals surface area (Å²) in [7, 11) is -4.19. The monoisotopic (exact) mass is 579 g/mol. The third-order valence-corrected chi connectivity index (χ3v) is 7.55. The zero-order valence-corrected chi connectivity index (χ0v) is 23.1. The molecule has 0 aliphatic carbocycles. The van der Waals surface area contributed by atoms with E-state index in [4.69, 9.17) is 16.2 Å². The first kappa shape index (κ1) is 31.8. The van der Waals surface area contributed by atoms with Crippen LogP contribution in [0.2, 0.25) is 0 Å². The number of aliphatic hydroxyl groups is 1. The van der Waals surface area contributed by atoms with E-state index in [1.165, 1.54) is 43.0 Å². The third-order valence-electron chi connectivity index (χ3n) is 5.58. The summed E-state index contributed by atoms with van der Waals surface area (Å²) in [5, 5.41) is 32.0. The Balaban J connectivity index is 2.10. The smallest absolute Gasteiger partial charge is 0.335 e. The topological polar surface area (TPSA) is 212 Å². The van der Waals surface area contributed by atoms with Crippen molar-refractivity contribution in [3.8, 4) is 0 Å². The fourth-order valence-corrected chi connectivity index (χ4v) is 5.36. The Kier molecular flexibility index (Phi) is 11.9. The number of carboxylic acid groups (broad SMARTS) is 1. The maximum absolute atomic E-state index is 13.0. The molecular weight excluding hydrogens is 546 g/mol. The molecule has 2 aromatic carbocycles. The van der Waals surface area contributed by atoms with Gasteiger partial charge in [0, 0.05) is 12.1 Å². The van der Waals surface area contributed by atoms with Gasteiger partial charge in [0.05, 0.1) is 17.4 Å². The second-order valence-corrected chi connectivity index (χ2v) is 11.5. The Bertz CT molecular complexity index is 1280. The standard InChI is InChI=1S/C25H33N5O7S2/c1-15(31)21(30-39(36,37)14-17-4-3-5-19(12-17)25(34)35)24(33)29-20(10-11-38-2)23(32)28-13-16-6-8-18(9-7-16)22(26)27/h3-9,12,15,20-21,30-31H,10-11,13-14H2,1-2H3,(H3,26,27)(H,28,32)(H,29,33)(H,34,35)/t15-,20-,21+/m0/s1. The molecule has 0 spiro atoms. The average molecular weight is 580 g/mol. The van der Waals surface area contributed by atoms with E-state index >= 15 is 0 Å². The number of carbonyl (C=O) groups excluding carboxylic acids is 2. The summed E-state index contributed by atoms with van der Waals surface area (Å²) >= 11 is 1.46. The number of hydrogen-bond donors (Lipinski definition) is 7. The lowest BCUT2D eigenvalue weighted by Crippen LogP contribution is -2.57. The van der Waals surface area contributed by atoms with Crippen LogP contribution in [0.1, 0.15) is 40.4 Å². The minimum absolute atomic E-state index is 0.0810. The summed E-state index contributed by atoms with van der Waals surface area (Å²) in [5.41, 5.74) is 6.81. The molecule has 0 heterocycles. The lowest BCUT2D eigenvalue weighted by Gasteiger charge is -2.24. The number of amides is 2. The highest BCUT2D eigenvalue weighted by molar-refractivity contribution is 7.98. The average Bonchev–Trinajstić information content (AvgIpc) is 2.88. The lowest BCUT2D eigenvalue weighted by molar-refractivity contribution is -0.131. The first-order valence-corrected chi connectivity index (χ1v) is 14.9. The summed E-state index contributed by atoms with van der Waals surface area (Å²) in [6.45, 7) is 1.38. The number of nitrogen functional groups attached to an aromatic ring is 1. The van der Waals surface area contributed by atoms with Gasteiger partial charge in [-0.1, -0.05) is 36.4 Å². The van der Waals surface area contributed by atoms with Crippen molar-refractivity contribution >= 4 is 45.4 Å². The summed E-state index contributed by atoms with van der Waals surface area (Å²) in [4.78, 5) is 37.1. The minimum Gasteiger partial charge on any atom is -0.478 e. The van der Waals surface area contributed by atoms with Crippen LogP contribution in [-0.4, -0.2) is 72.4 Å². The Labute approximate surface area is 231 Å². The summed E-state index contributed by atoms with van der Waals surface area (Å²) in [5.74, 6) is -2.78. The number of benzene rings is 2. The molecule has 39 heavy (non-hydrogen) atoms. The van der Waals surface area contributed by atoms with Crippen molar-refractivity contribution in [3.05, 3.63) is 70.8 Å². The molecular formula is C25H33N5O7S2. The number of aromatic carboxylic acids is 1. The van der Waals surface area contributed by atoms with Crippen LogP contribution in [0.5, 0.6) is 0 Å². The van der Waals surface area contributed by atoms with Gasteiger partial charge in [0.15, 0.2) is 0 Å². The predicted molar refractivity (Wildman–Crippen MR) is 149 cm³/mol. The van der Waals surface area contributed by atoms with Crippen LogP contribution in [0.25, 0.3) is 0 Å². The van der Waals surface area contributed by atoms with Crippen molar-refractivity contribution in [2.24, 2.45) is 5.73 Å². The molecule has 2 aromatic rings. The number of rotatable bonds is 15. The highest BCUT2D eigenvalue weighted by Crippen LogP contribution is 2.11. The zero-order chi connectivity index (χ0) is 29.2. The van der Waals surface area contributed by atoms with Crippen LogP contribution in [0.3, 0.4) is 0 Å². The summed E-state index contributed by atoms with van der Waals surface area (Å²) in [6.07, 6.45) is 0.650. The number of nitrogens with one attached hydrogen (secondary N) is 4. The molecule has 0 radical (unpaired) electrons. The quantitative estimate of drug-likeness (QED) is 0.115. The maximum atomic E-state index is 13.0. The number of hydrogen-bond acceptors (Lipinski definition) is 8. The van der Waals surface area contributed by atoms with Gasteiger partial charge < -0.3 is 26.6 Å². The second kappa shape index (κ2) is 14.6. The van der Waals surface area contributed by atoms with E-state index in [1.807, 2.05) is 6.26 Å². The molecule has 0 aliphatic heterocycles. The fourth-order valence-electron chi connectivity index (χ4n) is 3.50. The van der Waals surface area contributed by atoms with Crippen molar-refractivity contribution in [3.63, 3.8) is 0 Å². The van der Waals surface area contributed by atoms with Gasteiger partial charge in [0.1, 0.15) is 17.9 Å². The first-order valence-electron chi connectivity index (χ1n) is 11.8. The molecule has 12 nitrogen and oxygen atoms in total. The van der Waals surface area contributed by atoms with E-state index in [2.05, 4.69) is 15.4 Å². The summed E-state index contributed by atoms with van der Waals surface area (Å²) in [6, 6.07) is 9.46. The van der Waals surface area contributed by atoms with E-state index in [0.29, 0.717) is 11.3 Å². The van der Waals surface area contributed by atoms with Crippen molar-refractivity contribution in [2.45, 2.75) is 43.8 Å². The number of amidine groups is 1. The highest BCUT2D eigenvalue weighted by Gasteiger charge is 2.31. The van der Waals surface area contributed by atoms with Crippen LogP contribution in [0.4, 0.5) is 0 Å². The highest BCUT2D eigenvalue weighted by atomic mass is 32.2. The Morgan fingerprint density at radius 3 is 2.28 bits per heavy atom. The van der Waals surface area contributed by atoms with Crippen molar-refractivity contribution in [2.75, 3.05) is 12.0 Å². The number of nitrogens with two attached hydrogens (primary N) is 1. The molecule has 2 rings (SSSR count). The Hall–Kier alpha value is -3.46. The molecule has 0 fully saturated rings. The van der Waals surface area contributed by atoms with Crippen LogP contribution >= 0.6 is 11.8 Å². The van der Waals surface area contributed by atoms with Gasteiger partial charge in [-0.15, -0.1) is 0 Å². The normalized spacial score (nSPS) is 13.6. The first-order chi connectivity index (χ1) is 18.3. The molecule has 0 saturated heterocycles. The van der Waals surface area contributed by atoms with Gasteiger partial charge in [-0.3, -0.25) is 15.0 Å². The van der Waals surface area contributed by atoms with Crippen molar-refractivity contribution < 1.29 is 33.0 Å². The van der Waals surface area contributed by atoms with E-state index in [-0.39, 0.29) is 29.9 Å². The lowest BCUT2D eigenvalue weighted by atomic mass is 10.1. The van der Waals surface area contributed by atoms with Gasteiger partial charge in [0.2, 0.25) is 21.8 Å². The maximum Gasteiger partial charge on any atom is 0.335 e. The predicted octanol–water partition coefficient (Wildman–Crippen LogP) is 0.392. The van der Waals surface area contributed by atoms with Gasteiger partial charge in [-0.05, 0) is 48.6 Å². The van der Waals surface area contributed by atoms with E-state index in [1.54, 1.807) is 24.3 Å². The van der Waals surface area contributed by atoms with Gasteiger partial charge in [-0.2, -0.15) is 16.5 Å². The third kappa shape index (κ3) is 10.3. The Morgan fingerprint density at radius 1 is 1.05 bits per heavy atom. The second-order valence-electron chi connectivity index (χ2n) is 8.77. The molecule has 8 N–H and O–H groups in total. The zero-order valence-electron chi connectivity index (χ0n) is 21.5. The molecule has 0 aliphatic rings. The largest absolute Gasteiger partial charge is 0.478 e. The number of thioether (sulfide) groups is 1. The minimum atomic E-state index is -4.19. The van der Waals surface area contributed by atoms with Gasteiger partial charge in [0.25, 0.3) is 0 Å². The van der Waals surface area contributed by atoms with Crippen molar-refractivity contribution in [1.82, 2.24) is 15.4 Å². The van der Waals surface area contributed by atoms with Crippen molar-refractivity contribution in [1.29, 1.82) is 5.41 Å². The molecule has 0 unspecified atom stereocenters. The molecule has 0 saturated carbocycles. The number of aliphatic hydroxyl groups excluding tert-OH is 1. The molecule has 212 valence electrons. The number of sulfonamides is 1. The van der Waals surface area contributed by atoms with Crippen LogP contribution in [0, 0.1) is 5.41 Å². The van der Waals surface area contributed by atoms with Gasteiger partial charge in [-0.25, -0.2) is 13.2 Å². The molecule has 2 amide bonds. The Morgan fingerprint density at radius 2 is 1.72 bits per heavy atom. The van der Waals surface area contributed by atoms with Crippen LogP contribution in [0.15, 0.2) is 48.5 Å². The van der Waals surface area contributed by atoms with Crippen LogP contribution < -0.4 is 21.1 Å². The molecule has 14 heteroatoms. The van der Waals surface area contributed by atoms with Crippen LogP contribution in [-0.2, 0) is 31.9 Å². The SMILES string of the molecule is CSCC[C@H](NC(=O)[C@H](NS(=O)(=O)Cc1cccc(C(=O)O)c1)[C@H](C)O)C(=O)NCc1ccc(C(=N)N)cc1. The molecule has 3 atom stereocenters. The molecule has 0 bridgehead atoms. The molecule has 0 aromatic heterocycles. The summed E-state index contributed by atoms with van der Waals surface area (Å²) < 4.78 is 27.7. The number of carboxylic acids is 1. The van der Waals surface area contributed by atoms with E-state index in [0.717, 1.165) is 5.56 Å². The fraction of sp³-hybridized carbons (Fsp3) is 0.360. The van der Waals surface area contributed by atoms with E-state index < -0.39 is 51.7 Å².